The highest BCUT2D eigenvalue weighted by Crippen LogP contribution is 2.26. The Morgan fingerprint density at radius 2 is 2.08 bits per heavy atom. The lowest BCUT2D eigenvalue weighted by molar-refractivity contribution is -0.384. The van der Waals surface area contributed by atoms with E-state index in [1.807, 2.05) is 0 Å². The highest BCUT2D eigenvalue weighted by molar-refractivity contribution is 6.31. The molecule has 0 bridgehead atoms. The average Bonchev–Trinajstić information content (AvgIpc) is 2.56. The number of nitro groups is 1. The molecule has 0 heterocycles. The molecule has 8 heteroatoms. The lowest BCUT2D eigenvalue weighted by Gasteiger charge is -2.19. The molecule has 0 aliphatic carbocycles. The minimum atomic E-state index is -0.607. The van der Waals surface area contributed by atoms with Crippen LogP contribution in [0.15, 0.2) is 36.4 Å². The van der Waals surface area contributed by atoms with Crippen molar-refractivity contribution in [1.29, 1.82) is 0 Å². The van der Waals surface area contributed by atoms with Crippen molar-refractivity contribution in [1.82, 2.24) is 4.90 Å². The van der Waals surface area contributed by atoms with Gasteiger partial charge in [0.15, 0.2) is 0 Å². The molecule has 0 fully saturated rings. The molecule has 0 aliphatic heterocycles. The molecule has 24 heavy (non-hydrogen) atoms. The summed E-state index contributed by atoms with van der Waals surface area (Å²) in [5.74, 6) is -0.889. The first kappa shape index (κ1) is 17.7. The molecule has 2 aromatic rings. The second-order valence-corrected chi connectivity index (χ2v) is 5.41. The summed E-state index contributed by atoms with van der Waals surface area (Å²) in [4.78, 5) is 24.1. The van der Waals surface area contributed by atoms with Gasteiger partial charge in [0.05, 0.1) is 17.6 Å². The van der Waals surface area contributed by atoms with E-state index in [1.54, 1.807) is 0 Å². The van der Waals surface area contributed by atoms with Crippen LogP contribution in [-0.2, 0) is 6.54 Å². The van der Waals surface area contributed by atoms with Crippen LogP contribution in [-0.4, -0.2) is 29.9 Å². The van der Waals surface area contributed by atoms with Gasteiger partial charge in [-0.3, -0.25) is 14.9 Å². The van der Waals surface area contributed by atoms with Crippen molar-refractivity contribution in [2.45, 2.75) is 6.54 Å². The zero-order chi connectivity index (χ0) is 17.9. The minimum absolute atomic E-state index is 0.0154. The van der Waals surface area contributed by atoms with Gasteiger partial charge in [-0.1, -0.05) is 17.7 Å². The van der Waals surface area contributed by atoms with Crippen LogP contribution < -0.4 is 4.74 Å². The maximum atomic E-state index is 13.9. The maximum Gasteiger partial charge on any atom is 0.270 e. The van der Waals surface area contributed by atoms with Gasteiger partial charge in [-0.25, -0.2) is 4.39 Å². The molecule has 0 radical (unpaired) electrons. The van der Waals surface area contributed by atoms with Gasteiger partial charge >= 0.3 is 0 Å². The number of ether oxygens (including phenoxy) is 1. The Kier molecular flexibility index (Phi) is 5.35. The zero-order valence-corrected chi connectivity index (χ0v) is 13.7. The summed E-state index contributed by atoms with van der Waals surface area (Å²) in [6, 6.07) is 7.94. The van der Waals surface area contributed by atoms with Gasteiger partial charge in [0, 0.05) is 36.3 Å². The predicted molar refractivity (Wildman–Crippen MR) is 86.9 cm³/mol. The molecule has 2 rings (SSSR count). The molecular formula is C16H14ClFN2O4. The largest absolute Gasteiger partial charge is 0.496 e. The topological polar surface area (TPSA) is 72.7 Å². The Balaban J connectivity index is 2.34. The standard InChI is InChI=1S/C16H14ClFN2O4/c1-19(9-12-13(17)4-3-5-14(12)18)16(21)11-8-10(20(22)23)6-7-15(11)24-2/h3-8H,9H2,1-2H3. The number of carbonyl (C=O) groups excluding carboxylic acids is 1. The van der Waals surface area contributed by atoms with E-state index in [4.69, 9.17) is 16.3 Å². The molecule has 0 saturated heterocycles. The fourth-order valence-corrected chi connectivity index (χ4v) is 2.40. The van der Waals surface area contributed by atoms with Crippen molar-refractivity contribution in [3.63, 3.8) is 0 Å². The van der Waals surface area contributed by atoms with E-state index in [-0.39, 0.29) is 34.1 Å². The van der Waals surface area contributed by atoms with Crippen LogP contribution >= 0.6 is 11.6 Å². The maximum absolute atomic E-state index is 13.9. The number of halogens is 2. The van der Waals surface area contributed by atoms with Crippen LogP contribution in [0.3, 0.4) is 0 Å². The second-order valence-electron chi connectivity index (χ2n) is 5.00. The van der Waals surface area contributed by atoms with Crippen LogP contribution in [0.25, 0.3) is 0 Å². The molecule has 6 nitrogen and oxygen atoms in total. The molecule has 0 atom stereocenters. The fraction of sp³-hybridized carbons (Fsp3) is 0.188. The summed E-state index contributed by atoms with van der Waals surface area (Å²) < 4.78 is 18.9. The van der Waals surface area contributed by atoms with Crippen molar-refractivity contribution < 1.29 is 18.8 Å². The highest BCUT2D eigenvalue weighted by Gasteiger charge is 2.22. The van der Waals surface area contributed by atoms with Crippen LogP contribution in [0, 0.1) is 15.9 Å². The lowest BCUT2D eigenvalue weighted by atomic mass is 10.1. The third kappa shape index (κ3) is 3.62. The fourth-order valence-electron chi connectivity index (χ4n) is 2.17. The van der Waals surface area contributed by atoms with Gasteiger partial charge in [-0.05, 0) is 18.2 Å². The summed E-state index contributed by atoms with van der Waals surface area (Å²) >= 11 is 5.96. The average molecular weight is 353 g/mol. The predicted octanol–water partition coefficient (Wildman–Crippen LogP) is 3.67. The first-order valence-electron chi connectivity index (χ1n) is 6.86. The highest BCUT2D eigenvalue weighted by atomic mass is 35.5. The molecule has 126 valence electrons. The van der Waals surface area contributed by atoms with Gasteiger partial charge in [-0.2, -0.15) is 0 Å². The Labute approximate surface area is 142 Å². The third-order valence-electron chi connectivity index (χ3n) is 3.43. The number of carbonyl (C=O) groups is 1. The minimum Gasteiger partial charge on any atom is -0.496 e. The molecule has 0 spiro atoms. The van der Waals surface area contributed by atoms with E-state index in [0.717, 1.165) is 6.07 Å². The van der Waals surface area contributed by atoms with Crippen LogP contribution in [0.2, 0.25) is 5.02 Å². The van der Waals surface area contributed by atoms with Crippen LogP contribution in [0.5, 0.6) is 5.75 Å². The number of hydrogen-bond acceptors (Lipinski definition) is 4. The number of rotatable bonds is 5. The van der Waals surface area contributed by atoms with E-state index in [9.17, 15) is 19.3 Å². The van der Waals surface area contributed by atoms with Gasteiger partial charge in [0.1, 0.15) is 11.6 Å². The van der Waals surface area contributed by atoms with Crippen molar-refractivity contribution in [3.8, 4) is 5.75 Å². The van der Waals surface area contributed by atoms with E-state index < -0.39 is 16.6 Å². The Morgan fingerprint density at radius 1 is 1.38 bits per heavy atom. The number of nitro benzene ring substituents is 1. The normalized spacial score (nSPS) is 10.3. The first-order valence-corrected chi connectivity index (χ1v) is 7.23. The van der Waals surface area contributed by atoms with Crippen LogP contribution in [0.1, 0.15) is 15.9 Å². The quantitative estimate of drug-likeness (QED) is 0.608. The Bertz CT molecular complexity index is 777. The number of hydrogen-bond donors (Lipinski definition) is 0. The van der Waals surface area contributed by atoms with E-state index in [1.165, 1.54) is 49.4 Å². The monoisotopic (exact) mass is 352 g/mol. The lowest BCUT2D eigenvalue weighted by Crippen LogP contribution is -2.27. The smallest absolute Gasteiger partial charge is 0.270 e. The third-order valence-corrected chi connectivity index (χ3v) is 3.78. The molecule has 0 N–H and O–H groups in total. The van der Waals surface area contributed by atoms with E-state index in [0.29, 0.717) is 0 Å². The van der Waals surface area contributed by atoms with Gasteiger partial charge in [-0.15, -0.1) is 0 Å². The van der Waals surface area contributed by atoms with Gasteiger partial charge < -0.3 is 9.64 Å². The second kappa shape index (κ2) is 7.27. The summed E-state index contributed by atoms with van der Waals surface area (Å²) in [6.45, 7) is -0.0871. The van der Waals surface area contributed by atoms with Crippen LogP contribution in [0.4, 0.5) is 10.1 Å². The summed E-state index contributed by atoms with van der Waals surface area (Å²) in [7, 11) is 2.80. The number of benzene rings is 2. The molecule has 0 aliphatic rings. The van der Waals surface area contributed by atoms with E-state index in [2.05, 4.69) is 0 Å². The zero-order valence-electron chi connectivity index (χ0n) is 13.0. The molecule has 0 aromatic heterocycles. The summed E-state index contributed by atoms with van der Waals surface area (Å²) in [6.07, 6.45) is 0. The molecule has 1 amide bonds. The SMILES string of the molecule is COc1ccc([N+](=O)[O-])cc1C(=O)N(C)Cc1c(F)cccc1Cl. The van der Waals surface area contributed by atoms with Crippen molar-refractivity contribution in [2.24, 2.45) is 0 Å². The number of amides is 1. The van der Waals surface area contributed by atoms with Gasteiger partial charge in [0.25, 0.3) is 11.6 Å². The number of nitrogens with zero attached hydrogens (tertiary/aromatic N) is 2. The summed E-state index contributed by atoms with van der Waals surface area (Å²) in [5, 5.41) is 11.1. The van der Waals surface area contributed by atoms with Crippen molar-refractivity contribution in [3.05, 3.63) is 68.5 Å². The Hall–Kier alpha value is -2.67. The molecule has 2 aromatic carbocycles. The molecular weight excluding hydrogens is 339 g/mol. The first-order chi connectivity index (χ1) is 11.3. The molecule has 0 unspecified atom stereocenters. The van der Waals surface area contributed by atoms with Crippen molar-refractivity contribution >= 4 is 23.2 Å². The Morgan fingerprint density at radius 3 is 2.67 bits per heavy atom. The van der Waals surface area contributed by atoms with Gasteiger partial charge in [0.2, 0.25) is 0 Å². The van der Waals surface area contributed by atoms with Crippen molar-refractivity contribution in [2.75, 3.05) is 14.2 Å². The summed E-state index contributed by atoms with van der Waals surface area (Å²) in [5.41, 5.74) is -0.0578. The number of non-ortho nitro benzene ring substituents is 1. The molecule has 0 saturated carbocycles. The van der Waals surface area contributed by atoms with E-state index >= 15 is 0 Å². The number of methoxy groups -OCH3 is 1.